The number of benzene rings is 2. The van der Waals surface area contributed by atoms with Gasteiger partial charge in [-0.1, -0.05) is 30.3 Å². The van der Waals surface area contributed by atoms with Crippen molar-refractivity contribution in [1.29, 1.82) is 5.26 Å². The highest BCUT2D eigenvalue weighted by molar-refractivity contribution is 7.11. The number of nitrogens with one attached hydrogen (secondary N) is 1. The molecule has 0 atom stereocenters. The van der Waals surface area contributed by atoms with Crippen molar-refractivity contribution in [3.63, 3.8) is 0 Å². The van der Waals surface area contributed by atoms with Gasteiger partial charge in [-0.05, 0) is 43.2 Å². The zero-order valence-electron chi connectivity index (χ0n) is 15.9. The van der Waals surface area contributed by atoms with Crippen LogP contribution in [0.3, 0.4) is 0 Å². The average molecular weight is 399 g/mol. The van der Waals surface area contributed by atoms with Gasteiger partial charge in [0, 0.05) is 22.7 Å². The third-order valence-corrected chi connectivity index (χ3v) is 5.41. The fraction of sp³-hybridized carbons (Fsp3) is 0.0870. The van der Waals surface area contributed by atoms with E-state index in [2.05, 4.69) is 16.4 Å². The smallest absolute Gasteiger partial charge is 0.345 e. The van der Waals surface area contributed by atoms with Crippen LogP contribution in [0.5, 0.6) is 0 Å². The molecule has 0 aliphatic heterocycles. The summed E-state index contributed by atoms with van der Waals surface area (Å²) < 4.78 is 5.39. The monoisotopic (exact) mass is 399 g/mol. The maximum Gasteiger partial charge on any atom is 0.345 e. The standard InChI is InChI=1S/C23H17N3O2S/c1-14-7-8-15(2)19(9-14)25-12-17(11-24)22-26-20(13-29-22)18-10-16-5-3-4-6-21(16)28-23(18)27/h3-10,12-13,25H,1-2H3. The van der Waals surface area contributed by atoms with Crippen LogP contribution in [0.25, 0.3) is 27.8 Å². The molecule has 5 nitrogen and oxygen atoms in total. The zero-order chi connectivity index (χ0) is 20.4. The molecule has 6 heteroatoms. The van der Waals surface area contributed by atoms with Gasteiger partial charge in [-0.15, -0.1) is 11.3 Å². The molecular weight excluding hydrogens is 382 g/mol. The van der Waals surface area contributed by atoms with E-state index in [1.54, 1.807) is 23.7 Å². The van der Waals surface area contributed by atoms with Crippen molar-refractivity contribution in [3.8, 4) is 17.3 Å². The second-order valence-electron chi connectivity index (χ2n) is 6.66. The molecular formula is C23H17N3O2S. The highest BCUT2D eigenvalue weighted by Gasteiger charge is 2.13. The molecule has 142 valence electrons. The van der Waals surface area contributed by atoms with Crippen molar-refractivity contribution < 1.29 is 4.42 Å². The van der Waals surface area contributed by atoms with E-state index in [0.29, 0.717) is 27.4 Å². The Morgan fingerprint density at radius 1 is 1.21 bits per heavy atom. The van der Waals surface area contributed by atoms with Gasteiger partial charge in [0.2, 0.25) is 0 Å². The second-order valence-corrected chi connectivity index (χ2v) is 7.51. The molecule has 2 aromatic carbocycles. The number of rotatable bonds is 4. The second kappa shape index (κ2) is 7.74. The van der Waals surface area contributed by atoms with Gasteiger partial charge in [0.1, 0.15) is 22.2 Å². The molecule has 0 saturated heterocycles. The first-order chi connectivity index (χ1) is 14.0. The third kappa shape index (κ3) is 3.82. The number of allylic oxidation sites excluding steroid dienone is 1. The lowest BCUT2D eigenvalue weighted by Crippen LogP contribution is -2.02. The predicted molar refractivity (Wildman–Crippen MR) is 117 cm³/mol. The van der Waals surface area contributed by atoms with E-state index >= 15 is 0 Å². The van der Waals surface area contributed by atoms with E-state index in [9.17, 15) is 10.1 Å². The van der Waals surface area contributed by atoms with Crippen molar-refractivity contribution in [1.82, 2.24) is 4.98 Å². The molecule has 0 aliphatic carbocycles. The Morgan fingerprint density at radius 2 is 2.03 bits per heavy atom. The molecule has 4 aromatic rings. The van der Waals surface area contributed by atoms with Crippen LogP contribution in [0, 0.1) is 25.2 Å². The first-order valence-electron chi connectivity index (χ1n) is 8.98. The lowest BCUT2D eigenvalue weighted by atomic mass is 10.1. The Kier molecular flexibility index (Phi) is 4.98. The Hall–Kier alpha value is -3.69. The fourth-order valence-electron chi connectivity index (χ4n) is 2.94. The van der Waals surface area contributed by atoms with Crippen LogP contribution in [0.1, 0.15) is 16.1 Å². The molecule has 0 fully saturated rings. The van der Waals surface area contributed by atoms with E-state index in [4.69, 9.17) is 4.42 Å². The van der Waals surface area contributed by atoms with Gasteiger partial charge < -0.3 is 9.73 Å². The normalized spacial score (nSPS) is 11.4. The predicted octanol–water partition coefficient (Wildman–Crippen LogP) is 5.51. The lowest BCUT2D eigenvalue weighted by Gasteiger charge is -2.06. The van der Waals surface area contributed by atoms with Crippen molar-refractivity contribution in [2.45, 2.75) is 13.8 Å². The minimum atomic E-state index is -0.448. The van der Waals surface area contributed by atoms with Crippen molar-refractivity contribution in [2.24, 2.45) is 0 Å². The average Bonchev–Trinajstić information content (AvgIpc) is 3.20. The van der Waals surface area contributed by atoms with Gasteiger partial charge in [-0.3, -0.25) is 0 Å². The van der Waals surface area contributed by atoms with Crippen molar-refractivity contribution in [3.05, 3.63) is 86.7 Å². The number of thiazole rings is 1. The summed E-state index contributed by atoms with van der Waals surface area (Å²) in [6, 6.07) is 17.4. The molecule has 2 aromatic heterocycles. The van der Waals surface area contributed by atoms with Crippen LogP contribution in [0.2, 0.25) is 0 Å². The molecule has 0 amide bonds. The van der Waals surface area contributed by atoms with Crippen LogP contribution in [-0.4, -0.2) is 4.98 Å². The van der Waals surface area contributed by atoms with E-state index in [-0.39, 0.29) is 0 Å². The lowest BCUT2D eigenvalue weighted by molar-refractivity contribution is 0.563. The number of hydrogen-bond donors (Lipinski definition) is 1. The number of aryl methyl sites for hydroxylation is 2. The minimum Gasteiger partial charge on any atom is -0.422 e. The quantitative estimate of drug-likeness (QED) is 0.362. The molecule has 0 radical (unpaired) electrons. The number of fused-ring (bicyclic) bond motifs is 1. The summed E-state index contributed by atoms with van der Waals surface area (Å²) in [6.07, 6.45) is 1.65. The number of hydrogen-bond acceptors (Lipinski definition) is 6. The van der Waals surface area contributed by atoms with Gasteiger partial charge in [-0.2, -0.15) is 5.26 Å². The number of aromatic nitrogens is 1. The summed E-state index contributed by atoms with van der Waals surface area (Å²) in [5.74, 6) is 0. The van der Waals surface area contributed by atoms with Crippen LogP contribution >= 0.6 is 11.3 Å². The van der Waals surface area contributed by atoms with Gasteiger partial charge in [0.05, 0.1) is 11.3 Å². The van der Waals surface area contributed by atoms with E-state index in [1.165, 1.54) is 11.3 Å². The Labute approximate surface area is 171 Å². The number of nitriles is 1. The fourth-order valence-corrected chi connectivity index (χ4v) is 3.73. The molecule has 4 rings (SSSR count). The summed E-state index contributed by atoms with van der Waals surface area (Å²) in [7, 11) is 0. The molecule has 2 heterocycles. The molecule has 0 unspecified atom stereocenters. The topological polar surface area (TPSA) is 78.9 Å². The summed E-state index contributed by atoms with van der Waals surface area (Å²) in [5, 5.41) is 15.9. The highest BCUT2D eigenvalue weighted by atomic mass is 32.1. The molecule has 0 saturated carbocycles. The van der Waals surface area contributed by atoms with Gasteiger partial charge in [0.25, 0.3) is 0 Å². The van der Waals surface area contributed by atoms with E-state index in [0.717, 1.165) is 22.2 Å². The maximum atomic E-state index is 12.4. The Balaban J connectivity index is 1.67. The summed E-state index contributed by atoms with van der Waals surface area (Å²) in [5.41, 5.74) is 4.51. The molecule has 0 spiro atoms. The van der Waals surface area contributed by atoms with Crippen molar-refractivity contribution >= 4 is 33.6 Å². The van der Waals surface area contributed by atoms with Crippen LogP contribution < -0.4 is 10.9 Å². The van der Waals surface area contributed by atoms with Crippen LogP contribution in [0.15, 0.2) is 69.3 Å². The first kappa shape index (κ1) is 18.7. The minimum absolute atomic E-state index is 0.381. The highest BCUT2D eigenvalue weighted by Crippen LogP contribution is 2.26. The maximum absolute atomic E-state index is 12.4. The SMILES string of the molecule is Cc1ccc(C)c(NC=C(C#N)c2nc(-c3cc4ccccc4oc3=O)cs2)c1. The summed E-state index contributed by atoms with van der Waals surface area (Å²) in [6.45, 7) is 4.02. The van der Waals surface area contributed by atoms with Gasteiger partial charge in [0.15, 0.2) is 0 Å². The largest absolute Gasteiger partial charge is 0.422 e. The number of para-hydroxylation sites is 1. The molecule has 1 N–H and O–H groups in total. The van der Waals surface area contributed by atoms with Gasteiger partial charge >= 0.3 is 5.63 Å². The molecule has 0 bridgehead atoms. The Morgan fingerprint density at radius 3 is 2.86 bits per heavy atom. The van der Waals surface area contributed by atoms with E-state index in [1.807, 2.05) is 50.2 Å². The van der Waals surface area contributed by atoms with Crippen LogP contribution in [-0.2, 0) is 0 Å². The summed E-state index contributed by atoms with van der Waals surface area (Å²) in [4.78, 5) is 16.9. The Bertz CT molecular complexity index is 1340. The van der Waals surface area contributed by atoms with Gasteiger partial charge in [-0.25, -0.2) is 9.78 Å². The first-order valence-corrected chi connectivity index (χ1v) is 9.86. The molecule has 29 heavy (non-hydrogen) atoms. The number of nitrogens with zero attached hydrogens (tertiary/aromatic N) is 2. The number of anilines is 1. The molecule has 0 aliphatic rings. The van der Waals surface area contributed by atoms with E-state index < -0.39 is 5.63 Å². The van der Waals surface area contributed by atoms with Crippen LogP contribution in [0.4, 0.5) is 5.69 Å². The van der Waals surface area contributed by atoms with Crippen molar-refractivity contribution in [2.75, 3.05) is 5.32 Å². The third-order valence-electron chi connectivity index (χ3n) is 4.54. The summed E-state index contributed by atoms with van der Waals surface area (Å²) >= 11 is 1.31. The zero-order valence-corrected chi connectivity index (χ0v) is 16.7.